The average molecular weight is 324 g/mol. The van der Waals surface area contributed by atoms with Gasteiger partial charge in [-0.15, -0.1) is 0 Å². The number of nitrogens with one attached hydrogen (secondary N) is 1. The zero-order valence-corrected chi connectivity index (χ0v) is 13.4. The maximum Gasteiger partial charge on any atom is 0.303 e. The van der Waals surface area contributed by atoms with Crippen LogP contribution >= 0.6 is 0 Å². The summed E-state index contributed by atoms with van der Waals surface area (Å²) in [5.74, 6) is -0.372. The first-order valence-corrected chi connectivity index (χ1v) is 8.12. The Morgan fingerprint density at radius 2 is 2.17 bits per heavy atom. The average Bonchev–Trinajstić information content (AvgIpc) is 3.02. The van der Waals surface area contributed by atoms with Crippen LogP contribution in [0.4, 0.5) is 0 Å². The second-order valence-corrected chi connectivity index (χ2v) is 6.08. The van der Waals surface area contributed by atoms with Crippen molar-refractivity contribution in [3.05, 3.63) is 11.8 Å². The Morgan fingerprint density at radius 3 is 2.78 bits per heavy atom. The molecule has 0 spiro atoms. The molecule has 7 nitrogen and oxygen atoms in total. The van der Waals surface area contributed by atoms with E-state index in [1.54, 1.807) is 0 Å². The third-order valence-corrected chi connectivity index (χ3v) is 4.31. The molecule has 1 aromatic rings. The predicted molar refractivity (Wildman–Crippen MR) is 82.4 cm³/mol. The first-order chi connectivity index (χ1) is 11.1. The van der Waals surface area contributed by atoms with Crippen LogP contribution in [0.3, 0.4) is 0 Å². The van der Waals surface area contributed by atoms with E-state index in [-0.39, 0.29) is 30.0 Å². The van der Waals surface area contributed by atoms with E-state index in [1.807, 2.05) is 0 Å². The lowest BCUT2D eigenvalue weighted by atomic mass is 9.84. The summed E-state index contributed by atoms with van der Waals surface area (Å²) >= 11 is 0. The van der Waals surface area contributed by atoms with Crippen LogP contribution in [0.5, 0.6) is 5.88 Å². The van der Waals surface area contributed by atoms with E-state index < -0.39 is 5.97 Å². The van der Waals surface area contributed by atoms with Crippen LogP contribution in [0.25, 0.3) is 0 Å². The number of amides is 1. The predicted octanol–water partition coefficient (Wildman–Crippen LogP) is 2.62. The van der Waals surface area contributed by atoms with Crippen LogP contribution in [0.1, 0.15) is 61.9 Å². The van der Waals surface area contributed by atoms with E-state index >= 15 is 0 Å². The van der Waals surface area contributed by atoms with Crippen LogP contribution in [0, 0.1) is 5.92 Å². The molecule has 1 fully saturated rings. The van der Waals surface area contributed by atoms with Gasteiger partial charge in [0.25, 0.3) is 11.8 Å². The number of carbonyl (C=O) groups excluding carboxylic acids is 1. The second-order valence-electron chi connectivity index (χ2n) is 6.08. The third kappa shape index (κ3) is 5.58. The van der Waals surface area contributed by atoms with Gasteiger partial charge in [-0.3, -0.25) is 9.59 Å². The van der Waals surface area contributed by atoms with Crippen LogP contribution in [0.15, 0.2) is 10.6 Å². The zero-order valence-electron chi connectivity index (χ0n) is 13.4. The van der Waals surface area contributed by atoms with Gasteiger partial charge in [0.15, 0.2) is 0 Å². The summed E-state index contributed by atoms with van der Waals surface area (Å²) in [6.07, 6.45) is 7.25. The Bertz CT molecular complexity index is 522. The number of carbonyl (C=O) groups is 2. The molecule has 1 amide bonds. The van der Waals surface area contributed by atoms with Gasteiger partial charge in [0, 0.05) is 12.5 Å². The molecule has 1 aliphatic carbocycles. The lowest BCUT2D eigenvalue weighted by Gasteiger charge is -2.26. The summed E-state index contributed by atoms with van der Waals surface area (Å²) in [7, 11) is 1.44. The second kappa shape index (κ2) is 8.55. The van der Waals surface area contributed by atoms with Crippen molar-refractivity contribution in [3.8, 4) is 5.88 Å². The summed E-state index contributed by atoms with van der Waals surface area (Å²) in [5, 5.41) is 15.4. The van der Waals surface area contributed by atoms with E-state index in [1.165, 1.54) is 32.4 Å². The van der Waals surface area contributed by atoms with Gasteiger partial charge in [0.1, 0.15) is 0 Å². The highest BCUT2D eigenvalue weighted by atomic mass is 16.5. The first kappa shape index (κ1) is 17.3. The minimum Gasteiger partial charge on any atom is -0.481 e. The Morgan fingerprint density at radius 1 is 1.43 bits per heavy atom. The summed E-state index contributed by atoms with van der Waals surface area (Å²) in [5.41, 5.74) is 0. The number of aromatic nitrogens is 1. The third-order valence-electron chi connectivity index (χ3n) is 4.31. The van der Waals surface area contributed by atoms with Crippen LogP contribution in [-0.4, -0.2) is 35.3 Å². The minimum absolute atomic E-state index is 0.0391. The number of hydrogen-bond acceptors (Lipinski definition) is 5. The zero-order chi connectivity index (χ0) is 16.7. The molecule has 0 aliphatic heterocycles. The van der Waals surface area contributed by atoms with Crippen LogP contribution in [0.2, 0.25) is 0 Å². The van der Waals surface area contributed by atoms with Gasteiger partial charge in [-0.05, 0) is 23.9 Å². The van der Waals surface area contributed by atoms with Crippen LogP contribution in [-0.2, 0) is 4.79 Å². The highest BCUT2D eigenvalue weighted by Gasteiger charge is 2.23. The fourth-order valence-electron chi connectivity index (χ4n) is 3.09. The highest BCUT2D eigenvalue weighted by Crippen LogP contribution is 2.28. The molecular formula is C16H24N2O5. The SMILES string of the molecule is COc1cc(C(=O)NC(CCC(=O)O)CC2CCCCC2)on1. The number of ether oxygens (including phenoxy) is 1. The lowest BCUT2D eigenvalue weighted by Crippen LogP contribution is -2.37. The first-order valence-electron chi connectivity index (χ1n) is 8.12. The standard InChI is InChI=1S/C16H24N2O5/c1-22-14-10-13(23-18-14)16(21)17-12(7-8-15(19)20)9-11-5-3-2-4-6-11/h10-12H,2-9H2,1H3,(H,17,21)(H,19,20). The molecule has 1 saturated carbocycles. The molecule has 1 aromatic heterocycles. The molecule has 2 N–H and O–H groups in total. The van der Waals surface area contributed by atoms with E-state index in [0.717, 1.165) is 19.3 Å². The fourth-order valence-corrected chi connectivity index (χ4v) is 3.09. The molecule has 7 heteroatoms. The van der Waals surface area contributed by atoms with Gasteiger partial charge in [-0.2, -0.15) is 0 Å². The van der Waals surface area contributed by atoms with Gasteiger partial charge in [-0.25, -0.2) is 0 Å². The molecule has 0 saturated heterocycles. The quantitative estimate of drug-likeness (QED) is 0.762. The molecule has 0 bridgehead atoms. The maximum absolute atomic E-state index is 12.2. The number of rotatable bonds is 8. The molecular weight excluding hydrogens is 300 g/mol. The number of methoxy groups -OCH3 is 1. The Labute approximate surface area is 135 Å². The fraction of sp³-hybridized carbons (Fsp3) is 0.688. The maximum atomic E-state index is 12.2. The lowest BCUT2D eigenvalue weighted by molar-refractivity contribution is -0.137. The van der Waals surface area contributed by atoms with Gasteiger partial charge in [-0.1, -0.05) is 32.1 Å². The van der Waals surface area contributed by atoms with Crippen molar-refractivity contribution in [2.45, 2.75) is 57.4 Å². The molecule has 1 heterocycles. The normalized spacial score (nSPS) is 16.7. The van der Waals surface area contributed by atoms with E-state index in [2.05, 4.69) is 10.5 Å². The Balaban J connectivity index is 1.94. The van der Waals surface area contributed by atoms with Crippen molar-refractivity contribution in [2.75, 3.05) is 7.11 Å². The molecule has 1 unspecified atom stereocenters. The number of nitrogens with zero attached hydrogens (tertiary/aromatic N) is 1. The van der Waals surface area contributed by atoms with E-state index in [0.29, 0.717) is 12.3 Å². The van der Waals surface area contributed by atoms with Crippen molar-refractivity contribution in [1.29, 1.82) is 0 Å². The van der Waals surface area contributed by atoms with Gasteiger partial charge in [0.05, 0.1) is 13.2 Å². The number of carboxylic acids is 1. The van der Waals surface area contributed by atoms with Crippen molar-refractivity contribution in [3.63, 3.8) is 0 Å². The van der Waals surface area contributed by atoms with Crippen molar-refractivity contribution >= 4 is 11.9 Å². The largest absolute Gasteiger partial charge is 0.481 e. The van der Waals surface area contributed by atoms with Crippen molar-refractivity contribution < 1.29 is 24.0 Å². The van der Waals surface area contributed by atoms with Crippen LogP contribution < -0.4 is 10.1 Å². The van der Waals surface area contributed by atoms with E-state index in [4.69, 9.17) is 14.4 Å². The Kier molecular flexibility index (Phi) is 6.43. The summed E-state index contributed by atoms with van der Waals surface area (Å²) in [4.78, 5) is 23.1. The molecule has 23 heavy (non-hydrogen) atoms. The van der Waals surface area contributed by atoms with Crippen molar-refractivity contribution in [1.82, 2.24) is 10.5 Å². The summed E-state index contributed by atoms with van der Waals surface area (Å²) in [6.45, 7) is 0. The monoisotopic (exact) mass is 324 g/mol. The molecule has 0 aromatic carbocycles. The molecule has 1 atom stereocenters. The number of hydrogen-bond donors (Lipinski definition) is 2. The van der Waals surface area contributed by atoms with Gasteiger partial charge >= 0.3 is 5.97 Å². The van der Waals surface area contributed by atoms with Gasteiger partial charge < -0.3 is 19.7 Å². The molecule has 128 valence electrons. The van der Waals surface area contributed by atoms with E-state index in [9.17, 15) is 9.59 Å². The number of aliphatic carboxylic acids is 1. The summed E-state index contributed by atoms with van der Waals surface area (Å²) in [6, 6.07) is 1.25. The number of carboxylic acid groups (broad SMARTS) is 1. The molecule has 1 aliphatic rings. The molecule has 2 rings (SSSR count). The summed E-state index contributed by atoms with van der Waals surface area (Å²) < 4.78 is 9.82. The topological polar surface area (TPSA) is 102 Å². The smallest absolute Gasteiger partial charge is 0.303 e. The molecule has 0 radical (unpaired) electrons. The van der Waals surface area contributed by atoms with Crippen molar-refractivity contribution in [2.24, 2.45) is 5.92 Å². The minimum atomic E-state index is -0.853. The highest BCUT2D eigenvalue weighted by molar-refractivity contribution is 5.91. The van der Waals surface area contributed by atoms with Gasteiger partial charge in [0.2, 0.25) is 5.76 Å². The Hall–Kier alpha value is -2.05.